The number of aliphatic carboxylic acids is 1. The van der Waals surface area contributed by atoms with E-state index in [0.29, 0.717) is 26.1 Å². The molecule has 3 N–H and O–H groups in total. The van der Waals surface area contributed by atoms with Crippen molar-refractivity contribution >= 4 is 18.0 Å². The van der Waals surface area contributed by atoms with Crippen LogP contribution in [0.5, 0.6) is 0 Å². The summed E-state index contributed by atoms with van der Waals surface area (Å²) < 4.78 is 11.0. The van der Waals surface area contributed by atoms with Gasteiger partial charge in [-0.3, -0.25) is 9.59 Å². The average Bonchev–Trinajstić information content (AvgIpc) is 3.17. The largest absolute Gasteiger partial charge is 0.481 e. The zero-order chi connectivity index (χ0) is 24.8. The topological polar surface area (TPSA) is 114 Å². The van der Waals surface area contributed by atoms with Crippen LogP contribution < -0.4 is 10.6 Å². The summed E-state index contributed by atoms with van der Waals surface area (Å²) in [6.45, 7) is 2.90. The first-order valence-corrected chi connectivity index (χ1v) is 12.2. The predicted octanol–water partition coefficient (Wildman–Crippen LogP) is 3.69. The highest BCUT2D eigenvalue weighted by Crippen LogP contribution is 2.44. The first-order valence-electron chi connectivity index (χ1n) is 12.2. The fraction of sp³-hybridized carbons (Fsp3) is 0.444. The average molecular weight is 481 g/mol. The summed E-state index contributed by atoms with van der Waals surface area (Å²) in [6, 6.07) is 15.6. The summed E-state index contributed by atoms with van der Waals surface area (Å²) in [4.78, 5) is 36.3. The second-order valence-electron chi connectivity index (χ2n) is 9.17. The Kier molecular flexibility index (Phi) is 8.02. The van der Waals surface area contributed by atoms with Crippen LogP contribution in [0.3, 0.4) is 0 Å². The number of carboxylic acids is 1. The maximum Gasteiger partial charge on any atom is 0.407 e. The van der Waals surface area contributed by atoms with Gasteiger partial charge in [0.1, 0.15) is 6.61 Å². The van der Waals surface area contributed by atoms with E-state index in [1.54, 1.807) is 0 Å². The van der Waals surface area contributed by atoms with Crippen molar-refractivity contribution in [3.8, 4) is 11.1 Å². The number of carboxylic acid groups (broad SMARTS) is 1. The lowest BCUT2D eigenvalue weighted by molar-refractivity contribution is -0.140. The van der Waals surface area contributed by atoms with Crippen LogP contribution in [0, 0.1) is 5.92 Å². The number of hydrogen-bond donors (Lipinski definition) is 3. The van der Waals surface area contributed by atoms with Crippen LogP contribution in [0.4, 0.5) is 4.79 Å². The van der Waals surface area contributed by atoms with Gasteiger partial charge in [0.2, 0.25) is 5.91 Å². The molecule has 1 aliphatic carbocycles. The molecule has 35 heavy (non-hydrogen) atoms. The summed E-state index contributed by atoms with van der Waals surface area (Å²) in [5.74, 6) is -1.43. The Hall–Kier alpha value is -3.39. The number of alkyl carbamates (subject to hydrolysis) is 1. The van der Waals surface area contributed by atoms with Gasteiger partial charge in [-0.2, -0.15) is 0 Å². The smallest absolute Gasteiger partial charge is 0.407 e. The summed E-state index contributed by atoms with van der Waals surface area (Å²) in [7, 11) is 0. The molecule has 0 radical (unpaired) electrons. The van der Waals surface area contributed by atoms with Crippen molar-refractivity contribution in [3.05, 3.63) is 59.7 Å². The van der Waals surface area contributed by atoms with Gasteiger partial charge in [0.05, 0.1) is 13.0 Å². The van der Waals surface area contributed by atoms with E-state index in [0.717, 1.165) is 22.3 Å². The van der Waals surface area contributed by atoms with Crippen molar-refractivity contribution < 1.29 is 29.0 Å². The molecule has 0 spiro atoms. The fourth-order valence-corrected chi connectivity index (χ4v) is 5.01. The number of rotatable bonds is 9. The van der Waals surface area contributed by atoms with Crippen LogP contribution >= 0.6 is 0 Å². The van der Waals surface area contributed by atoms with Crippen LogP contribution in [-0.2, 0) is 19.1 Å². The van der Waals surface area contributed by atoms with Gasteiger partial charge in [0.25, 0.3) is 0 Å². The van der Waals surface area contributed by atoms with Crippen molar-refractivity contribution in [1.82, 2.24) is 10.6 Å². The molecule has 2 amide bonds. The maximum atomic E-state index is 12.6. The summed E-state index contributed by atoms with van der Waals surface area (Å²) in [5, 5.41) is 14.9. The number of ether oxygens (including phenoxy) is 2. The van der Waals surface area contributed by atoms with Gasteiger partial charge in [-0.1, -0.05) is 55.5 Å². The molecular weight excluding hydrogens is 448 g/mol. The van der Waals surface area contributed by atoms with Crippen LogP contribution in [0.25, 0.3) is 11.1 Å². The molecule has 8 nitrogen and oxygen atoms in total. The lowest BCUT2D eigenvalue weighted by atomic mass is 9.92. The fourth-order valence-electron chi connectivity index (χ4n) is 5.01. The van der Waals surface area contributed by atoms with Crippen LogP contribution in [-0.4, -0.2) is 55.0 Å². The minimum absolute atomic E-state index is 0.0313. The minimum Gasteiger partial charge on any atom is -0.481 e. The Morgan fingerprint density at radius 1 is 1.09 bits per heavy atom. The van der Waals surface area contributed by atoms with Gasteiger partial charge in [0, 0.05) is 36.9 Å². The molecule has 1 aliphatic heterocycles. The summed E-state index contributed by atoms with van der Waals surface area (Å²) in [5.41, 5.74) is 4.60. The molecule has 1 saturated heterocycles. The van der Waals surface area contributed by atoms with E-state index in [1.807, 2.05) is 31.2 Å². The highest BCUT2D eigenvalue weighted by molar-refractivity contribution is 5.80. The van der Waals surface area contributed by atoms with Crippen molar-refractivity contribution in [3.63, 3.8) is 0 Å². The molecule has 2 aromatic carbocycles. The number of carbonyl (C=O) groups excluding carboxylic acids is 2. The molecule has 1 heterocycles. The van der Waals surface area contributed by atoms with Gasteiger partial charge in [-0.25, -0.2) is 4.79 Å². The molecule has 1 fully saturated rings. The molecule has 2 aliphatic rings. The number of fused-ring (bicyclic) bond motifs is 3. The van der Waals surface area contributed by atoms with E-state index in [2.05, 4.69) is 34.9 Å². The number of amides is 2. The molecule has 3 unspecified atom stereocenters. The van der Waals surface area contributed by atoms with E-state index in [4.69, 9.17) is 14.6 Å². The van der Waals surface area contributed by atoms with E-state index in [1.165, 1.54) is 0 Å². The molecule has 0 bridgehead atoms. The molecule has 3 atom stereocenters. The third kappa shape index (κ3) is 6.00. The monoisotopic (exact) mass is 480 g/mol. The molecule has 2 aromatic rings. The highest BCUT2D eigenvalue weighted by Gasteiger charge is 2.31. The van der Waals surface area contributed by atoms with Crippen molar-refractivity contribution in [1.29, 1.82) is 0 Å². The molecule has 4 rings (SSSR count). The van der Waals surface area contributed by atoms with Gasteiger partial charge >= 0.3 is 12.1 Å². The van der Waals surface area contributed by atoms with E-state index in [-0.39, 0.29) is 49.3 Å². The summed E-state index contributed by atoms with van der Waals surface area (Å²) >= 11 is 0. The maximum absolute atomic E-state index is 12.6. The first kappa shape index (κ1) is 24.7. The third-order valence-electron chi connectivity index (χ3n) is 6.85. The SMILES string of the molecule is CCC(CC(=O)NC1CCOCC1CC(=O)O)NC(=O)OCC1c2ccccc2-c2ccccc21. The minimum atomic E-state index is -0.914. The Balaban J connectivity index is 1.30. The highest BCUT2D eigenvalue weighted by atomic mass is 16.5. The van der Waals surface area contributed by atoms with Crippen molar-refractivity contribution in [2.24, 2.45) is 5.92 Å². The van der Waals surface area contributed by atoms with E-state index < -0.39 is 12.1 Å². The lowest BCUT2D eigenvalue weighted by Crippen LogP contribution is -2.48. The second kappa shape index (κ2) is 11.4. The normalized spacial score (nSPS) is 19.8. The molecule has 8 heteroatoms. The number of benzene rings is 2. The number of nitrogens with one attached hydrogen (secondary N) is 2. The van der Waals surface area contributed by atoms with E-state index >= 15 is 0 Å². The van der Waals surface area contributed by atoms with Gasteiger partial charge in [-0.15, -0.1) is 0 Å². The lowest BCUT2D eigenvalue weighted by Gasteiger charge is -2.31. The Morgan fingerprint density at radius 3 is 2.37 bits per heavy atom. The zero-order valence-electron chi connectivity index (χ0n) is 19.9. The second-order valence-corrected chi connectivity index (χ2v) is 9.17. The molecule has 0 aromatic heterocycles. The number of hydrogen-bond acceptors (Lipinski definition) is 5. The van der Waals surface area contributed by atoms with Crippen LogP contribution in [0.2, 0.25) is 0 Å². The van der Waals surface area contributed by atoms with Gasteiger partial charge < -0.3 is 25.2 Å². The molecule has 0 saturated carbocycles. The molecular formula is C27H32N2O6. The first-order chi connectivity index (χ1) is 17.0. The van der Waals surface area contributed by atoms with Crippen LogP contribution in [0.15, 0.2) is 48.5 Å². The molecule has 186 valence electrons. The van der Waals surface area contributed by atoms with Crippen molar-refractivity contribution in [2.75, 3.05) is 19.8 Å². The standard InChI is InChI=1S/C27H32N2O6/c1-2-18(14-25(30)29-24-11-12-34-15-17(24)13-26(31)32)28-27(33)35-16-23-21-9-5-3-7-19(21)20-8-4-6-10-22(20)23/h3-10,17-18,23-24H,2,11-16H2,1H3,(H,28,33)(H,29,30)(H,31,32). The van der Waals surface area contributed by atoms with Crippen LogP contribution in [0.1, 0.15) is 49.7 Å². The quantitative estimate of drug-likeness (QED) is 0.504. The Labute approximate surface area is 205 Å². The summed E-state index contributed by atoms with van der Waals surface area (Å²) in [6.07, 6.45) is 0.615. The van der Waals surface area contributed by atoms with Gasteiger partial charge in [0.15, 0.2) is 0 Å². The zero-order valence-corrected chi connectivity index (χ0v) is 19.9. The Bertz CT molecular complexity index is 1030. The van der Waals surface area contributed by atoms with Gasteiger partial charge in [-0.05, 0) is 35.1 Å². The Morgan fingerprint density at radius 2 is 1.74 bits per heavy atom. The third-order valence-corrected chi connectivity index (χ3v) is 6.85. The number of carbonyl (C=O) groups is 3. The van der Waals surface area contributed by atoms with E-state index in [9.17, 15) is 14.4 Å². The predicted molar refractivity (Wildman–Crippen MR) is 130 cm³/mol. The van der Waals surface area contributed by atoms with Crippen molar-refractivity contribution in [2.45, 2.75) is 50.6 Å².